The van der Waals surface area contributed by atoms with Gasteiger partial charge in [-0.15, -0.1) is 0 Å². The highest BCUT2D eigenvalue weighted by Gasteiger charge is 2.36. The summed E-state index contributed by atoms with van der Waals surface area (Å²) >= 11 is 0. The molecule has 2 fully saturated rings. The van der Waals surface area contributed by atoms with Crippen LogP contribution in [-0.2, 0) is 6.54 Å². The molecular weight excluding hydrogens is 367 g/mol. The van der Waals surface area contributed by atoms with E-state index in [4.69, 9.17) is 0 Å². The van der Waals surface area contributed by atoms with E-state index in [1.807, 2.05) is 28.8 Å². The Labute approximate surface area is 169 Å². The fourth-order valence-electron chi connectivity index (χ4n) is 4.76. The van der Waals surface area contributed by atoms with E-state index < -0.39 is 0 Å². The summed E-state index contributed by atoms with van der Waals surface area (Å²) in [5.74, 6) is -0.0375. The lowest BCUT2D eigenvalue weighted by atomic mass is 10.00. The molecule has 5 rings (SSSR count). The number of nitrogens with one attached hydrogen (secondary N) is 1. The largest absolute Gasteiger partial charge is 0.326 e. The van der Waals surface area contributed by atoms with Crippen molar-refractivity contribution in [2.45, 2.75) is 37.9 Å². The van der Waals surface area contributed by atoms with Gasteiger partial charge in [-0.3, -0.25) is 9.69 Å². The third kappa shape index (κ3) is 3.58. The highest BCUT2D eigenvalue weighted by atomic mass is 19.1. The summed E-state index contributed by atoms with van der Waals surface area (Å²) in [4.78, 5) is 19.8. The molecule has 2 aliphatic rings. The predicted octanol–water partition coefficient (Wildman–Crippen LogP) is 3.23. The molecule has 2 aromatic carbocycles. The van der Waals surface area contributed by atoms with Gasteiger partial charge in [0, 0.05) is 30.8 Å². The van der Waals surface area contributed by atoms with Crippen LogP contribution in [0.2, 0.25) is 0 Å². The summed E-state index contributed by atoms with van der Waals surface area (Å²) in [6.45, 7) is 3.70. The number of nitrogens with zero attached hydrogens (tertiary/aromatic N) is 3. The molecule has 0 aliphatic carbocycles. The molecule has 0 radical (unpaired) electrons. The Morgan fingerprint density at radius 1 is 1.17 bits per heavy atom. The van der Waals surface area contributed by atoms with E-state index in [1.165, 1.54) is 12.1 Å². The average Bonchev–Trinajstić information content (AvgIpc) is 3.48. The number of Topliss-reactive ketones (excluding diaryl/α,β-unsaturated/α-hetero) is 1. The zero-order valence-electron chi connectivity index (χ0n) is 16.4. The SMILES string of the molecule is O=C(c1ccc(Cn2cnc3cc(F)ccc32)cc1)C1CCCN1C1CCNC1. The topological polar surface area (TPSA) is 50.2 Å². The van der Waals surface area contributed by atoms with Crippen molar-refractivity contribution in [2.24, 2.45) is 0 Å². The molecule has 29 heavy (non-hydrogen) atoms. The maximum Gasteiger partial charge on any atom is 0.179 e. The van der Waals surface area contributed by atoms with Gasteiger partial charge in [-0.2, -0.15) is 0 Å². The molecule has 2 saturated heterocycles. The minimum Gasteiger partial charge on any atom is -0.326 e. The fourth-order valence-corrected chi connectivity index (χ4v) is 4.76. The van der Waals surface area contributed by atoms with Gasteiger partial charge in [-0.1, -0.05) is 24.3 Å². The van der Waals surface area contributed by atoms with Crippen LogP contribution in [0.4, 0.5) is 4.39 Å². The summed E-state index contributed by atoms with van der Waals surface area (Å²) in [7, 11) is 0. The third-order valence-corrected chi connectivity index (χ3v) is 6.27. The minimum absolute atomic E-state index is 0.0123. The van der Waals surface area contributed by atoms with Crippen LogP contribution in [0.1, 0.15) is 35.2 Å². The number of aromatic nitrogens is 2. The number of imidazole rings is 1. The van der Waals surface area contributed by atoms with Crippen LogP contribution in [-0.4, -0.2) is 52.0 Å². The van der Waals surface area contributed by atoms with Crippen LogP contribution < -0.4 is 5.32 Å². The van der Waals surface area contributed by atoms with E-state index in [0.29, 0.717) is 18.1 Å². The second-order valence-electron chi connectivity index (χ2n) is 8.11. The fraction of sp³-hybridized carbons (Fsp3) is 0.391. The van der Waals surface area contributed by atoms with E-state index in [2.05, 4.69) is 15.2 Å². The Morgan fingerprint density at radius 2 is 2.03 bits per heavy atom. The summed E-state index contributed by atoms with van der Waals surface area (Å²) in [5.41, 5.74) is 3.43. The van der Waals surface area contributed by atoms with Crippen molar-refractivity contribution in [1.82, 2.24) is 19.8 Å². The van der Waals surface area contributed by atoms with Gasteiger partial charge in [0.2, 0.25) is 0 Å². The molecule has 2 aliphatic heterocycles. The molecule has 0 saturated carbocycles. The van der Waals surface area contributed by atoms with Crippen LogP contribution in [0.25, 0.3) is 11.0 Å². The Balaban J connectivity index is 1.31. The van der Waals surface area contributed by atoms with Gasteiger partial charge in [0.1, 0.15) is 5.82 Å². The van der Waals surface area contributed by atoms with E-state index in [9.17, 15) is 9.18 Å². The number of ketones is 1. The number of hydrogen-bond acceptors (Lipinski definition) is 4. The zero-order chi connectivity index (χ0) is 19.8. The number of hydrogen-bond donors (Lipinski definition) is 1. The normalized spacial score (nSPS) is 22.5. The molecule has 150 valence electrons. The van der Waals surface area contributed by atoms with Crippen molar-refractivity contribution in [3.63, 3.8) is 0 Å². The molecule has 0 amide bonds. The predicted molar refractivity (Wildman–Crippen MR) is 111 cm³/mol. The first-order valence-electron chi connectivity index (χ1n) is 10.4. The van der Waals surface area contributed by atoms with Gasteiger partial charge in [-0.05, 0) is 50.0 Å². The van der Waals surface area contributed by atoms with Crippen LogP contribution in [0, 0.1) is 5.82 Å². The van der Waals surface area contributed by atoms with Crippen molar-refractivity contribution in [2.75, 3.05) is 19.6 Å². The molecule has 1 N–H and O–H groups in total. The number of fused-ring (bicyclic) bond motifs is 1. The molecule has 2 unspecified atom stereocenters. The summed E-state index contributed by atoms with van der Waals surface area (Å²) in [6, 6.07) is 13.1. The second-order valence-corrected chi connectivity index (χ2v) is 8.11. The lowest BCUT2D eigenvalue weighted by Crippen LogP contribution is -2.44. The van der Waals surface area contributed by atoms with E-state index in [-0.39, 0.29) is 17.6 Å². The molecule has 3 aromatic rings. The lowest BCUT2D eigenvalue weighted by molar-refractivity contribution is 0.0826. The number of rotatable bonds is 5. The maximum absolute atomic E-state index is 13.4. The van der Waals surface area contributed by atoms with Crippen molar-refractivity contribution >= 4 is 16.8 Å². The molecule has 0 bridgehead atoms. The van der Waals surface area contributed by atoms with Crippen molar-refractivity contribution in [3.8, 4) is 0 Å². The minimum atomic E-state index is -0.278. The first kappa shape index (κ1) is 18.5. The smallest absolute Gasteiger partial charge is 0.179 e. The molecule has 6 heteroatoms. The van der Waals surface area contributed by atoms with Gasteiger partial charge >= 0.3 is 0 Å². The number of likely N-dealkylation sites (tertiary alicyclic amines) is 1. The van der Waals surface area contributed by atoms with Crippen LogP contribution >= 0.6 is 0 Å². The van der Waals surface area contributed by atoms with Gasteiger partial charge in [0.25, 0.3) is 0 Å². The van der Waals surface area contributed by atoms with E-state index in [1.54, 1.807) is 12.4 Å². The van der Waals surface area contributed by atoms with Crippen molar-refractivity contribution < 1.29 is 9.18 Å². The van der Waals surface area contributed by atoms with Crippen molar-refractivity contribution in [3.05, 3.63) is 65.7 Å². The zero-order valence-corrected chi connectivity index (χ0v) is 16.4. The molecule has 1 aromatic heterocycles. The highest BCUT2D eigenvalue weighted by molar-refractivity contribution is 6.00. The monoisotopic (exact) mass is 392 g/mol. The standard InChI is InChI=1S/C23H25FN4O/c24-18-7-8-21-20(12-18)26-15-27(21)14-16-3-5-17(6-4-16)23(29)22-2-1-11-28(22)19-9-10-25-13-19/h3-8,12,15,19,22,25H,1-2,9-11,13-14H2. The third-order valence-electron chi connectivity index (χ3n) is 6.27. The van der Waals surface area contributed by atoms with Gasteiger partial charge in [0.05, 0.1) is 23.4 Å². The number of carbonyl (C=O) groups is 1. The van der Waals surface area contributed by atoms with E-state index >= 15 is 0 Å². The first-order valence-corrected chi connectivity index (χ1v) is 10.4. The Hall–Kier alpha value is -2.57. The Morgan fingerprint density at radius 3 is 2.83 bits per heavy atom. The number of benzene rings is 2. The highest BCUT2D eigenvalue weighted by Crippen LogP contribution is 2.26. The number of carbonyl (C=O) groups excluding carboxylic acids is 1. The average molecular weight is 392 g/mol. The Bertz CT molecular complexity index is 1020. The Kier molecular flexibility index (Phi) is 4.89. The molecule has 5 nitrogen and oxygen atoms in total. The van der Waals surface area contributed by atoms with Crippen LogP contribution in [0.5, 0.6) is 0 Å². The summed E-state index contributed by atoms with van der Waals surface area (Å²) < 4.78 is 15.4. The van der Waals surface area contributed by atoms with E-state index in [0.717, 1.165) is 55.5 Å². The molecular formula is C23H25FN4O. The maximum atomic E-state index is 13.4. The van der Waals surface area contributed by atoms with Gasteiger partial charge in [0.15, 0.2) is 5.78 Å². The molecule has 2 atom stereocenters. The molecule has 0 spiro atoms. The summed E-state index contributed by atoms with van der Waals surface area (Å²) in [5, 5.41) is 3.41. The van der Waals surface area contributed by atoms with Gasteiger partial charge < -0.3 is 9.88 Å². The molecule has 3 heterocycles. The van der Waals surface area contributed by atoms with Crippen molar-refractivity contribution in [1.29, 1.82) is 0 Å². The lowest BCUT2D eigenvalue weighted by Gasteiger charge is -2.29. The first-order chi connectivity index (χ1) is 14.2. The summed E-state index contributed by atoms with van der Waals surface area (Å²) in [6.07, 6.45) is 4.91. The quantitative estimate of drug-likeness (QED) is 0.678. The second kappa shape index (κ2) is 7.69. The number of halogens is 1. The van der Waals surface area contributed by atoms with Crippen LogP contribution in [0.3, 0.4) is 0 Å². The van der Waals surface area contributed by atoms with Gasteiger partial charge in [-0.25, -0.2) is 9.37 Å². The van der Waals surface area contributed by atoms with Crippen LogP contribution in [0.15, 0.2) is 48.8 Å².